The zero-order valence-electron chi connectivity index (χ0n) is 25.0. The fourth-order valence-electron chi connectivity index (χ4n) is 6.52. The van der Waals surface area contributed by atoms with E-state index in [9.17, 15) is 13.2 Å². The summed E-state index contributed by atoms with van der Waals surface area (Å²) in [5, 5.41) is 15.8. The van der Waals surface area contributed by atoms with E-state index in [-0.39, 0.29) is 30.8 Å². The lowest BCUT2D eigenvalue weighted by atomic mass is 9.86. The minimum absolute atomic E-state index is 0.0475. The number of nitrogens with zero attached hydrogens (tertiary/aromatic N) is 2. The standard InChI is InChI=1S/C30H50F3N7O/c1-29(2,39(27-20-41-27)25-10-7-8-23(16-25)30(31,32)33)26(19-37-18-24-9-5-6-15-38-24)40(34)28(36-4)22-13-11-21(12-14-22)17-35-3/h7,10-13,16,22-24,26-28,35-38H,5-6,8-9,14-15,17-20,34H2,1-4H3/t22?,23?,24?,26?,27-,28?/m0/s1. The minimum Gasteiger partial charge on any atom is -0.351 e. The van der Waals surface area contributed by atoms with Gasteiger partial charge in [-0.2, -0.15) is 13.2 Å². The summed E-state index contributed by atoms with van der Waals surface area (Å²) in [7, 11) is 3.85. The number of epoxide rings is 1. The normalized spacial score (nSPS) is 28.3. The SMILES string of the molecule is CNCC1=CCC(C(NC)N(N)C(CNCC2CCCCN2)C(C)(C)N(C2=CC(C(F)(F)F)CC=C2)[C@@H]2CO2)C=C1. The zero-order chi connectivity index (χ0) is 29.6. The van der Waals surface area contributed by atoms with Gasteiger partial charge in [0.1, 0.15) is 0 Å². The third-order valence-electron chi connectivity index (χ3n) is 8.90. The van der Waals surface area contributed by atoms with Gasteiger partial charge in [-0.1, -0.05) is 30.7 Å². The van der Waals surface area contributed by atoms with E-state index in [1.54, 1.807) is 12.2 Å². The first kappa shape index (κ1) is 32.2. The van der Waals surface area contributed by atoms with Crippen molar-refractivity contribution in [3.63, 3.8) is 0 Å². The van der Waals surface area contributed by atoms with E-state index >= 15 is 0 Å². The van der Waals surface area contributed by atoms with Crippen molar-refractivity contribution in [2.24, 2.45) is 17.7 Å². The predicted octanol–water partition coefficient (Wildman–Crippen LogP) is 2.99. The van der Waals surface area contributed by atoms with Crippen LogP contribution in [0.1, 0.15) is 46.0 Å². The van der Waals surface area contributed by atoms with Gasteiger partial charge in [0.2, 0.25) is 0 Å². The van der Waals surface area contributed by atoms with Crippen LogP contribution < -0.4 is 27.1 Å². The molecule has 0 radical (unpaired) electrons. The van der Waals surface area contributed by atoms with Crippen LogP contribution in [0.15, 0.2) is 47.7 Å². The molecule has 2 aliphatic carbocycles. The Morgan fingerprint density at radius 2 is 1.95 bits per heavy atom. The topological polar surface area (TPSA) is 93.1 Å². The number of allylic oxidation sites excluding steroid dienone is 4. The average Bonchev–Trinajstić information content (AvgIpc) is 3.77. The molecule has 0 bridgehead atoms. The van der Waals surface area contributed by atoms with E-state index in [0.29, 0.717) is 24.9 Å². The average molecular weight is 582 g/mol. The van der Waals surface area contributed by atoms with Crippen LogP contribution >= 0.6 is 0 Å². The lowest BCUT2D eigenvalue weighted by Gasteiger charge is -2.51. The maximum atomic E-state index is 13.8. The molecule has 5 unspecified atom stereocenters. The van der Waals surface area contributed by atoms with Crippen molar-refractivity contribution < 1.29 is 17.9 Å². The van der Waals surface area contributed by atoms with Gasteiger partial charge >= 0.3 is 6.18 Å². The first-order chi connectivity index (χ1) is 19.6. The summed E-state index contributed by atoms with van der Waals surface area (Å²) < 4.78 is 47.0. The fraction of sp³-hybridized carbons (Fsp3) is 0.733. The minimum atomic E-state index is -4.30. The van der Waals surface area contributed by atoms with Crippen molar-refractivity contribution in [3.05, 3.63) is 47.7 Å². The van der Waals surface area contributed by atoms with E-state index in [4.69, 9.17) is 10.6 Å². The lowest BCUT2D eigenvalue weighted by molar-refractivity contribution is -0.161. The Labute approximate surface area is 243 Å². The molecule has 0 saturated carbocycles. The van der Waals surface area contributed by atoms with Gasteiger partial charge in [0.25, 0.3) is 0 Å². The van der Waals surface area contributed by atoms with Crippen LogP contribution in [0.3, 0.4) is 0 Å². The number of hydrogen-bond donors (Lipinski definition) is 5. The molecule has 0 aromatic carbocycles. The molecule has 2 heterocycles. The van der Waals surface area contributed by atoms with Crippen molar-refractivity contribution in [2.45, 2.75) is 82.1 Å². The van der Waals surface area contributed by atoms with Gasteiger partial charge in [-0.15, -0.1) is 0 Å². The summed E-state index contributed by atoms with van der Waals surface area (Å²) in [4.78, 5) is 2.01. The number of likely N-dealkylation sites (N-methyl/N-ethyl adjacent to an activating group) is 1. The Balaban J connectivity index is 1.60. The molecule has 2 aliphatic heterocycles. The quantitative estimate of drug-likeness (QED) is 0.0926. The summed E-state index contributed by atoms with van der Waals surface area (Å²) in [5.74, 6) is 5.67. The fourth-order valence-corrected chi connectivity index (χ4v) is 6.52. The highest BCUT2D eigenvalue weighted by molar-refractivity contribution is 5.28. The highest BCUT2D eigenvalue weighted by Gasteiger charge is 2.49. The Hall–Kier alpha value is -1.73. The van der Waals surface area contributed by atoms with Crippen LogP contribution in [0.4, 0.5) is 13.2 Å². The van der Waals surface area contributed by atoms with Gasteiger partial charge in [0.15, 0.2) is 6.23 Å². The molecular weight excluding hydrogens is 531 g/mol. The second kappa shape index (κ2) is 14.2. The van der Waals surface area contributed by atoms with Gasteiger partial charge in [-0.3, -0.25) is 5.84 Å². The Morgan fingerprint density at radius 1 is 1.17 bits per heavy atom. The van der Waals surface area contributed by atoms with Crippen molar-refractivity contribution in [1.82, 2.24) is 31.2 Å². The molecule has 8 nitrogen and oxygen atoms in total. The molecule has 6 N–H and O–H groups in total. The molecule has 2 fully saturated rings. The molecular formula is C30H50F3N7O. The van der Waals surface area contributed by atoms with Gasteiger partial charge < -0.3 is 30.9 Å². The summed E-state index contributed by atoms with van der Waals surface area (Å²) in [6, 6.07) is 0.139. The molecule has 11 heteroatoms. The van der Waals surface area contributed by atoms with Crippen LogP contribution in [-0.4, -0.2) is 93.0 Å². The first-order valence-electron chi connectivity index (χ1n) is 15.1. The number of rotatable bonds is 14. The van der Waals surface area contributed by atoms with Gasteiger partial charge in [0, 0.05) is 37.3 Å². The molecule has 2 saturated heterocycles. The van der Waals surface area contributed by atoms with Crippen LogP contribution in [0.5, 0.6) is 0 Å². The summed E-state index contributed by atoms with van der Waals surface area (Å²) in [6.45, 7) is 7.83. The van der Waals surface area contributed by atoms with Crippen LogP contribution in [0.2, 0.25) is 0 Å². The molecule has 0 spiro atoms. The highest BCUT2D eigenvalue weighted by atomic mass is 19.4. The number of piperidine rings is 1. The van der Waals surface area contributed by atoms with Gasteiger partial charge in [0.05, 0.1) is 30.3 Å². The second-order valence-corrected chi connectivity index (χ2v) is 12.3. The Bertz CT molecular complexity index is 970. The number of alkyl halides is 3. The molecule has 0 aromatic rings. The second-order valence-electron chi connectivity index (χ2n) is 12.3. The number of nitrogens with one attached hydrogen (secondary N) is 4. The molecule has 232 valence electrons. The van der Waals surface area contributed by atoms with E-state index in [1.165, 1.54) is 24.5 Å². The van der Waals surface area contributed by atoms with Crippen molar-refractivity contribution in [2.75, 3.05) is 46.9 Å². The number of ether oxygens (including phenoxy) is 1. The van der Waals surface area contributed by atoms with Crippen LogP contribution in [-0.2, 0) is 4.74 Å². The number of halogens is 3. The molecule has 4 rings (SSSR count). The number of hydrazine groups is 1. The molecule has 41 heavy (non-hydrogen) atoms. The third kappa shape index (κ3) is 8.22. The van der Waals surface area contributed by atoms with Crippen molar-refractivity contribution in [1.29, 1.82) is 0 Å². The summed E-state index contributed by atoms with van der Waals surface area (Å²) >= 11 is 0. The van der Waals surface area contributed by atoms with E-state index < -0.39 is 17.6 Å². The van der Waals surface area contributed by atoms with Gasteiger partial charge in [-0.05, 0) is 77.9 Å². The summed E-state index contributed by atoms with van der Waals surface area (Å²) in [5.41, 5.74) is 1.11. The predicted molar refractivity (Wildman–Crippen MR) is 157 cm³/mol. The van der Waals surface area contributed by atoms with E-state index in [2.05, 4.69) is 53.3 Å². The Morgan fingerprint density at radius 3 is 2.54 bits per heavy atom. The summed E-state index contributed by atoms with van der Waals surface area (Å²) in [6.07, 6.45) is 10.9. The van der Waals surface area contributed by atoms with Crippen LogP contribution in [0, 0.1) is 11.8 Å². The molecule has 6 atom stereocenters. The monoisotopic (exact) mass is 581 g/mol. The largest absolute Gasteiger partial charge is 0.395 e. The molecule has 4 aliphatic rings. The lowest BCUT2D eigenvalue weighted by Crippen LogP contribution is -2.69. The maximum Gasteiger partial charge on any atom is 0.395 e. The Kier molecular flexibility index (Phi) is 11.1. The van der Waals surface area contributed by atoms with Crippen molar-refractivity contribution in [3.8, 4) is 0 Å². The zero-order valence-corrected chi connectivity index (χ0v) is 25.0. The molecule has 0 aromatic heterocycles. The van der Waals surface area contributed by atoms with E-state index in [0.717, 1.165) is 32.5 Å². The third-order valence-corrected chi connectivity index (χ3v) is 8.90. The first-order valence-corrected chi connectivity index (χ1v) is 15.1. The maximum absolute atomic E-state index is 13.8. The highest BCUT2D eigenvalue weighted by Crippen LogP contribution is 2.40. The smallest absolute Gasteiger partial charge is 0.351 e. The number of nitrogens with two attached hydrogens (primary N) is 1. The van der Waals surface area contributed by atoms with E-state index in [1.807, 2.05) is 24.0 Å². The van der Waals surface area contributed by atoms with Gasteiger partial charge in [-0.25, -0.2) is 5.01 Å². The van der Waals surface area contributed by atoms with Crippen LogP contribution in [0.25, 0.3) is 0 Å². The van der Waals surface area contributed by atoms with Crippen molar-refractivity contribution >= 4 is 0 Å². The molecule has 0 amide bonds. The number of hydrogen-bond acceptors (Lipinski definition) is 8.